The van der Waals surface area contributed by atoms with Gasteiger partial charge in [-0.1, -0.05) is 13.3 Å². The highest BCUT2D eigenvalue weighted by Crippen LogP contribution is 2.21. The van der Waals surface area contributed by atoms with Crippen molar-refractivity contribution in [2.45, 2.75) is 50.9 Å². The molecule has 23 heavy (non-hydrogen) atoms. The van der Waals surface area contributed by atoms with Gasteiger partial charge in [-0.25, -0.2) is 0 Å². The molecule has 0 amide bonds. The summed E-state index contributed by atoms with van der Waals surface area (Å²) in [6.45, 7) is 3.62. The van der Waals surface area contributed by atoms with Crippen molar-refractivity contribution >= 4 is 0 Å². The SMILES string of the molecule is CCC(O)C1CCCCN1CC(O)COc1ccc(C#N)cc1. The second-order valence-electron chi connectivity index (χ2n) is 6.13. The van der Waals surface area contributed by atoms with E-state index >= 15 is 0 Å². The molecule has 1 aliphatic rings. The number of likely N-dealkylation sites (tertiary alicyclic amines) is 1. The Bertz CT molecular complexity index is 512. The summed E-state index contributed by atoms with van der Waals surface area (Å²) in [5.41, 5.74) is 0.586. The molecular formula is C18H26N2O3. The Hall–Kier alpha value is -1.61. The second kappa shape index (κ2) is 8.88. The molecule has 0 bridgehead atoms. The standard InChI is InChI=1S/C18H26N2O3/c1-2-18(22)17-5-3-4-10-20(17)12-15(21)13-23-16-8-6-14(11-19)7-9-16/h6-9,15,17-18,21-22H,2-5,10,12-13H2,1H3. The monoisotopic (exact) mass is 318 g/mol. The number of aliphatic hydroxyl groups excluding tert-OH is 2. The number of hydrogen-bond donors (Lipinski definition) is 2. The molecule has 1 heterocycles. The van der Waals surface area contributed by atoms with E-state index in [4.69, 9.17) is 10.00 Å². The van der Waals surface area contributed by atoms with Crippen LogP contribution in [0.1, 0.15) is 38.2 Å². The average molecular weight is 318 g/mol. The van der Waals surface area contributed by atoms with Crippen LogP contribution in [0, 0.1) is 11.3 Å². The first-order chi connectivity index (χ1) is 11.1. The predicted octanol–water partition coefficient (Wildman–Crippen LogP) is 1.92. The van der Waals surface area contributed by atoms with Gasteiger partial charge < -0.3 is 14.9 Å². The van der Waals surface area contributed by atoms with Crippen LogP contribution in [0.25, 0.3) is 0 Å². The van der Waals surface area contributed by atoms with Gasteiger partial charge in [0.25, 0.3) is 0 Å². The quantitative estimate of drug-likeness (QED) is 0.803. The van der Waals surface area contributed by atoms with Crippen LogP contribution < -0.4 is 4.74 Å². The molecule has 1 aliphatic heterocycles. The van der Waals surface area contributed by atoms with Crippen LogP contribution in [0.3, 0.4) is 0 Å². The average Bonchev–Trinajstić information content (AvgIpc) is 2.60. The van der Waals surface area contributed by atoms with Crippen molar-refractivity contribution in [3.63, 3.8) is 0 Å². The molecule has 1 saturated heterocycles. The summed E-state index contributed by atoms with van der Waals surface area (Å²) in [5, 5.41) is 29.1. The normalized spacial score (nSPS) is 21.4. The van der Waals surface area contributed by atoms with Gasteiger partial charge in [0.15, 0.2) is 0 Å². The minimum atomic E-state index is -0.602. The second-order valence-corrected chi connectivity index (χ2v) is 6.13. The van der Waals surface area contributed by atoms with Gasteiger partial charge in [0.2, 0.25) is 0 Å². The van der Waals surface area contributed by atoms with E-state index in [1.165, 1.54) is 0 Å². The Morgan fingerprint density at radius 3 is 2.70 bits per heavy atom. The smallest absolute Gasteiger partial charge is 0.119 e. The zero-order chi connectivity index (χ0) is 16.7. The van der Waals surface area contributed by atoms with Gasteiger partial charge in [-0.3, -0.25) is 4.90 Å². The van der Waals surface area contributed by atoms with Crippen molar-refractivity contribution < 1.29 is 14.9 Å². The summed E-state index contributed by atoms with van der Waals surface area (Å²) in [6, 6.07) is 9.05. The lowest BCUT2D eigenvalue weighted by Gasteiger charge is -2.39. The van der Waals surface area contributed by atoms with E-state index in [1.807, 2.05) is 6.92 Å². The molecule has 126 valence electrons. The third-order valence-corrected chi connectivity index (χ3v) is 4.40. The van der Waals surface area contributed by atoms with Crippen LogP contribution in [0.4, 0.5) is 0 Å². The summed E-state index contributed by atoms with van der Waals surface area (Å²) in [7, 11) is 0. The summed E-state index contributed by atoms with van der Waals surface area (Å²) in [4.78, 5) is 2.18. The minimum Gasteiger partial charge on any atom is -0.491 e. The molecular weight excluding hydrogens is 292 g/mol. The molecule has 3 atom stereocenters. The number of aliphatic hydroxyl groups is 2. The van der Waals surface area contributed by atoms with Gasteiger partial charge in [-0.15, -0.1) is 0 Å². The Morgan fingerprint density at radius 1 is 1.30 bits per heavy atom. The first-order valence-electron chi connectivity index (χ1n) is 8.37. The van der Waals surface area contributed by atoms with E-state index < -0.39 is 6.10 Å². The zero-order valence-electron chi connectivity index (χ0n) is 13.7. The van der Waals surface area contributed by atoms with Gasteiger partial charge >= 0.3 is 0 Å². The zero-order valence-corrected chi connectivity index (χ0v) is 13.7. The van der Waals surface area contributed by atoms with E-state index in [1.54, 1.807) is 24.3 Å². The molecule has 1 aromatic carbocycles. The van der Waals surface area contributed by atoms with Crippen molar-refractivity contribution in [3.8, 4) is 11.8 Å². The van der Waals surface area contributed by atoms with E-state index in [9.17, 15) is 10.2 Å². The fourth-order valence-corrected chi connectivity index (χ4v) is 3.09. The van der Waals surface area contributed by atoms with E-state index in [0.717, 1.165) is 32.2 Å². The summed E-state index contributed by atoms with van der Waals surface area (Å²) < 4.78 is 5.58. The van der Waals surface area contributed by atoms with Gasteiger partial charge in [0, 0.05) is 12.6 Å². The van der Waals surface area contributed by atoms with Gasteiger partial charge in [-0.05, 0) is 50.1 Å². The highest BCUT2D eigenvalue weighted by atomic mass is 16.5. The molecule has 2 rings (SSSR count). The molecule has 5 heteroatoms. The largest absolute Gasteiger partial charge is 0.491 e. The van der Waals surface area contributed by atoms with Gasteiger partial charge in [0.05, 0.1) is 17.7 Å². The molecule has 0 aliphatic carbocycles. The maximum atomic E-state index is 10.2. The summed E-state index contributed by atoms with van der Waals surface area (Å²) in [5.74, 6) is 0.645. The van der Waals surface area contributed by atoms with E-state index in [0.29, 0.717) is 17.9 Å². The predicted molar refractivity (Wildman–Crippen MR) is 88.2 cm³/mol. The van der Waals surface area contributed by atoms with Crippen LogP contribution in [0.2, 0.25) is 0 Å². The number of hydrogen-bond acceptors (Lipinski definition) is 5. The van der Waals surface area contributed by atoms with E-state index in [-0.39, 0.29) is 18.8 Å². The number of nitrogens with zero attached hydrogens (tertiary/aromatic N) is 2. The molecule has 2 N–H and O–H groups in total. The lowest BCUT2D eigenvalue weighted by molar-refractivity contribution is -0.0100. The first-order valence-corrected chi connectivity index (χ1v) is 8.37. The van der Waals surface area contributed by atoms with Crippen LogP contribution in [-0.2, 0) is 0 Å². The molecule has 1 fully saturated rings. The maximum absolute atomic E-state index is 10.2. The summed E-state index contributed by atoms with van der Waals surface area (Å²) in [6.07, 6.45) is 3.03. The fourth-order valence-electron chi connectivity index (χ4n) is 3.09. The van der Waals surface area contributed by atoms with Crippen LogP contribution >= 0.6 is 0 Å². The number of rotatable bonds is 7. The lowest BCUT2D eigenvalue weighted by atomic mass is 9.95. The van der Waals surface area contributed by atoms with Crippen LogP contribution in [0.5, 0.6) is 5.75 Å². The third kappa shape index (κ3) is 5.21. The van der Waals surface area contributed by atoms with Crippen molar-refractivity contribution in [3.05, 3.63) is 29.8 Å². The Labute approximate surface area is 138 Å². The number of piperidine rings is 1. The van der Waals surface area contributed by atoms with Gasteiger partial charge in [-0.2, -0.15) is 5.26 Å². The molecule has 0 radical (unpaired) electrons. The molecule has 0 aromatic heterocycles. The lowest BCUT2D eigenvalue weighted by Crippen LogP contribution is -2.50. The number of β-amino-alcohol motifs (C(OH)–C–C–N with tert-alkyl or cyclic N) is 1. The highest BCUT2D eigenvalue weighted by Gasteiger charge is 2.29. The van der Waals surface area contributed by atoms with Crippen LogP contribution in [-0.4, -0.2) is 53.1 Å². The third-order valence-electron chi connectivity index (χ3n) is 4.40. The van der Waals surface area contributed by atoms with Crippen LogP contribution in [0.15, 0.2) is 24.3 Å². The molecule has 1 aromatic rings. The van der Waals surface area contributed by atoms with Crippen molar-refractivity contribution in [1.82, 2.24) is 4.90 Å². The molecule has 0 saturated carbocycles. The first kappa shape index (κ1) is 17.7. The molecule has 0 spiro atoms. The Morgan fingerprint density at radius 2 is 2.04 bits per heavy atom. The van der Waals surface area contributed by atoms with Gasteiger partial charge in [0.1, 0.15) is 18.5 Å². The summed E-state index contributed by atoms with van der Waals surface area (Å²) >= 11 is 0. The number of nitriles is 1. The maximum Gasteiger partial charge on any atom is 0.119 e. The Balaban J connectivity index is 1.82. The van der Waals surface area contributed by atoms with Crippen molar-refractivity contribution in [2.24, 2.45) is 0 Å². The van der Waals surface area contributed by atoms with Crippen molar-refractivity contribution in [1.29, 1.82) is 5.26 Å². The number of ether oxygens (including phenoxy) is 1. The van der Waals surface area contributed by atoms with Crippen molar-refractivity contribution in [2.75, 3.05) is 19.7 Å². The number of benzene rings is 1. The Kier molecular flexibility index (Phi) is 6.85. The molecule has 3 unspecified atom stereocenters. The topological polar surface area (TPSA) is 76.7 Å². The molecule has 5 nitrogen and oxygen atoms in total. The fraction of sp³-hybridized carbons (Fsp3) is 0.611. The minimum absolute atomic E-state index is 0.137. The van der Waals surface area contributed by atoms with E-state index in [2.05, 4.69) is 11.0 Å². The highest BCUT2D eigenvalue weighted by molar-refractivity contribution is 5.34.